The first-order valence-electron chi connectivity index (χ1n) is 6.64. The molecule has 0 aliphatic carbocycles. The average Bonchev–Trinajstić information content (AvgIpc) is 2.48. The highest BCUT2D eigenvalue weighted by Crippen LogP contribution is 2.28. The zero-order chi connectivity index (χ0) is 15.2. The standard InChI is InChI=1S/C17H16O4/c18-16(19)14(11-12-7-3-1-4-8-12)15(17(20)21)13-9-5-2-6-10-13/h1-10,14-15H,11H2,(H,18,19)(H,20,21)/t14-,15-/m1/s1. The van der Waals surface area contributed by atoms with Gasteiger partial charge in [-0.15, -0.1) is 0 Å². The van der Waals surface area contributed by atoms with Gasteiger partial charge >= 0.3 is 11.9 Å². The van der Waals surface area contributed by atoms with Crippen molar-refractivity contribution in [3.05, 3.63) is 71.8 Å². The Labute approximate surface area is 122 Å². The van der Waals surface area contributed by atoms with Gasteiger partial charge in [-0.3, -0.25) is 9.59 Å². The highest BCUT2D eigenvalue weighted by molar-refractivity contribution is 5.84. The molecule has 0 saturated heterocycles. The van der Waals surface area contributed by atoms with Crippen molar-refractivity contribution in [1.82, 2.24) is 0 Å². The fourth-order valence-electron chi connectivity index (χ4n) is 2.42. The molecular weight excluding hydrogens is 268 g/mol. The van der Waals surface area contributed by atoms with E-state index in [0.29, 0.717) is 5.56 Å². The third kappa shape index (κ3) is 3.69. The third-order valence-electron chi connectivity index (χ3n) is 3.44. The van der Waals surface area contributed by atoms with E-state index in [1.807, 2.05) is 18.2 Å². The van der Waals surface area contributed by atoms with Crippen molar-refractivity contribution in [1.29, 1.82) is 0 Å². The molecule has 4 heteroatoms. The van der Waals surface area contributed by atoms with Crippen molar-refractivity contribution in [2.24, 2.45) is 5.92 Å². The maximum atomic E-state index is 11.6. The van der Waals surface area contributed by atoms with E-state index in [1.165, 1.54) is 0 Å². The Kier molecular flexibility index (Phi) is 4.72. The van der Waals surface area contributed by atoms with Gasteiger partial charge in [0.25, 0.3) is 0 Å². The van der Waals surface area contributed by atoms with Crippen molar-refractivity contribution in [2.75, 3.05) is 0 Å². The normalized spacial score (nSPS) is 13.3. The van der Waals surface area contributed by atoms with Gasteiger partial charge in [-0.25, -0.2) is 0 Å². The van der Waals surface area contributed by atoms with Gasteiger partial charge in [-0.1, -0.05) is 60.7 Å². The lowest BCUT2D eigenvalue weighted by Crippen LogP contribution is -2.29. The first-order chi connectivity index (χ1) is 10.1. The van der Waals surface area contributed by atoms with Gasteiger partial charge in [0.15, 0.2) is 0 Å². The molecule has 4 nitrogen and oxygen atoms in total. The number of hydrogen-bond donors (Lipinski definition) is 2. The summed E-state index contributed by atoms with van der Waals surface area (Å²) in [5, 5.41) is 18.9. The Hall–Kier alpha value is -2.62. The van der Waals surface area contributed by atoms with E-state index in [0.717, 1.165) is 5.56 Å². The van der Waals surface area contributed by atoms with Crippen LogP contribution in [0.15, 0.2) is 60.7 Å². The second-order valence-electron chi connectivity index (χ2n) is 4.86. The molecule has 0 spiro atoms. The summed E-state index contributed by atoms with van der Waals surface area (Å²) in [6.45, 7) is 0. The Balaban J connectivity index is 2.34. The first-order valence-corrected chi connectivity index (χ1v) is 6.64. The Morgan fingerprint density at radius 2 is 1.33 bits per heavy atom. The van der Waals surface area contributed by atoms with E-state index < -0.39 is 23.8 Å². The van der Waals surface area contributed by atoms with Gasteiger partial charge in [-0.2, -0.15) is 0 Å². The van der Waals surface area contributed by atoms with Gasteiger partial charge in [0.05, 0.1) is 11.8 Å². The van der Waals surface area contributed by atoms with Crippen LogP contribution >= 0.6 is 0 Å². The van der Waals surface area contributed by atoms with Crippen LogP contribution in [-0.2, 0) is 16.0 Å². The maximum Gasteiger partial charge on any atom is 0.311 e. The van der Waals surface area contributed by atoms with E-state index in [1.54, 1.807) is 42.5 Å². The molecule has 0 unspecified atom stereocenters. The Morgan fingerprint density at radius 1 is 0.810 bits per heavy atom. The highest BCUT2D eigenvalue weighted by atomic mass is 16.4. The molecular formula is C17H16O4. The van der Waals surface area contributed by atoms with Crippen LogP contribution in [0.4, 0.5) is 0 Å². The number of carboxylic acid groups (broad SMARTS) is 2. The molecule has 2 aromatic carbocycles. The predicted molar refractivity (Wildman–Crippen MR) is 78.1 cm³/mol. The number of rotatable bonds is 6. The van der Waals surface area contributed by atoms with Crippen LogP contribution in [-0.4, -0.2) is 22.2 Å². The number of benzene rings is 2. The number of carboxylic acids is 2. The smallest absolute Gasteiger partial charge is 0.311 e. The van der Waals surface area contributed by atoms with E-state index in [9.17, 15) is 19.8 Å². The molecule has 0 bridgehead atoms. The van der Waals surface area contributed by atoms with Crippen LogP contribution in [0.1, 0.15) is 17.0 Å². The molecule has 21 heavy (non-hydrogen) atoms. The lowest BCUT2D eigenvalue weighted by molar-refractivity contribution is -0.150. The average molecular weight is 284 g/mol. The van der Waals surface area contributed by atoms with E-state index in [4.69, 9.17) is 0 Å². The quantitative estimate of drug-likeness (QED) is 0.855. The van der Waals surface area contributed by atoms with Crippen molar-refractivity contribution in [3.63, 3.8) is 0 Å². The zero-order valence-electron chi connectivity index (χ0n) is 11.3. The predicted octanol–water partition coefficient (Wildman–Crippen LogP) is 2.80. The van der Waals surface area contributed by atoms with Gasteiger partial charge in [0, 0.05) is 0 Å². The minimum atomic E-state index is -1.12. The summed E-state index contributed by atoms with van der Waals surface area (Å²) in [4.78, 5) is 23.1. The lowest BCUT2D eigenvalue weighted by Gasteiger charge is -2.21. The van der Waals surface area contributed by atoms with Gasteiger partial charge in [0.1, 0.15) is 0 Å². The molecule has 2 rings (SSSR count). The number of carbonyl (C=O) groups is 2. The summed E-state index contributed by atoms with van der Waals surface area (Å²) in [6.07, 6.45) is 0.183. The minimum absolute atomic E-state index is 0.183. The first kappa shape index (κ1) is 14.8. The second kappa shape index (κ2) is 6.70. The van der Waals surface area contributed by atoms with Crippen molar-refractivity contribution >= 4 is 11.9 Å². The molecule has 2 atom stereocenters. The second-order valence-corrected chi connectivity index (χ2v) is 4.86. The van der Waals surface area contributed by atoms with Crippen LogP contribution in [0.2, 0.25) is 0 Å². The third-order valence-corrected chi connectivity index (χ3v) is 3.44. The monoisotopic (exact) mass is 284 g/mol. The largest absolute Gasteiger partial charge is 0.481 e. The molecule has 2 aromatic rings. The van der Waals surface area contributed by atoms with Crippen LogP contribution in [0.5, 0.6) is 0 Å². The van der Waals surface area contributed by atoms with E-state index >= 15 is 0 Å². The molecule has 108 valence electrons. The van der Waals surface area contributed by atoms with E-state index in [-0.39, 0.29) is 6.42 Å². The summed E-state index contributed by atoms with van der Waals surface area (Å²) in [5.74, 6) is -4.30. The molecule has 0 radical (unpaired) electrons. The molecule has 0 saturated carbocycles. The molecule has 0 aliphatic rings. The van der Waals surface area contributed by atoms with Crippen LogP contribution in [0.3, 0.4) is 0 Å². The Morgan fingerprint density at radius 3 is 1.81 bits per heavy atom. The fourth-order valence-corrected chi connectivity index (χ4v) is 2.42. The molecule has 0 fully saturated rings. The number of aliphatic carboxylic acids is 2. The zero-order valence-corrected chi connectivity index (χ0v) is 11.3. The minimum Gasteiger partial charge on any atom is -0.481 e. The van der Waals surface area contributed by atoms with Crippen LogP contribution in [0, 0.1) is 5.92 Å². The summed E-state index contributed by atoms with van der Waals surface area (Å²) in [7, 11) is 0. The SMILES string of the molecule is O=C(O)[C@H](c1ccccc1)[C@@H](Cc1ccccc1)C(=O)O. The Bertz CT molecular complexity index is 607. The van der Waals surface area contributed by atoms with Gasteiger partial charge < -0.3 is 10.2 Å². The molecule has 0 aromatic heterocycles. The maximum absolute atomic E-state index is 11.6. The molecule has 0 aliphatic heterocycles. The highest BCUT2D eigenvalue weighted by Gasteiger charge is 2.35. The van der Waals surface area contributed by atoms with Crippen LogP contribution < -0.4 is 0 Å². The molecule has 2 N–H and O–H groups in total. The van der Waals surface area contributed by atoms with E-state index in [2.05, 4.69) is 0 Å². The molecule has 0 heterocycles. The van der Waals surface area contributed by atoms with Crippen molar-refractivity contribution in [2.45, 2.75) is 12.3 Å². The van der Waals surface area contributed by atoms with Crippen molar-refractivity contribution in [3.8, 4) is 0 Å². The van der Waals surface area contributed by atoms with Gasteiger partial charge in [-0.05, 0) is 17.5 Å². The van der Waals surface area contributed by atoms with Gasteiger partial charge in [0.2, 0.25) is 0 Å². The van der Waals surface area contributed by atoms with Crippen LogP contribution in [0.25, 0.3) is 0 Å². The molecule has 0 amide bonds. The van der Waals surface area contributed by atoms with Crippen molar-refractivity contribution < 1.29 is 19.8 Å². The number of hydrogen-bond acceptors (Lipinski definition) is 2. The topological polar surface area (TPSA) is 74.6 Å². The lowest BCUT2D eigenvalue weighted by atomic mass is 9.82. The summed E-state index contributed by atoms with van der Waals surface area (Å²) < 4.78 is 0. The summed E-state index contributed by atoms with van der Waals surface area (Å²) in [5.41, 5.74) is 1.32. The summed E-state index contributed by atoms with van der Waals surface area (Å²) in [6, 6.07) is 17.6. The fraction of sp³-hybridized carbons (Fsp3) is 0.176. The summed E-state index contributed by atoms with van der Waals surface area (Å²) >= 11 is 0.